The van der Waals surface area contributed by atoms with Gasteiger partial charge in [-0.3, -0.25) is 19.8 Å². The van der Waals surface area contributed by atoms with Crippen molar-refractivity contribution in [1.82, 2.24) is 15.5 Å². The Bertz CT molecular complexity index is 680. The van der Waals surface area contributed by atoms with Crippen LogP contribution in [0, 0.1) is 5.92 Å². The van der Waals surface area contributed by atoms with Crippen molar-refractivity contribution >= 4 is 18.0 Å². The Kier molecular flexibility index (Phi) is 8.92. The van der Waals surface area contributed by atoms with E-state index in [1.165, 1.54) is 7.11 Å². The number of rotatable bonds is 9. The molecule has 0 aliphatic carbocycles. The van der Waals surface area contributed by atoms with Crippen molar-refractivity contribution in [2.24, 2.45) is 5.92 Å². The van der Waals surface area contributed by atoms with Crippen LogP contribution in [0.1, 0.15) is 38.7 Å². The van der Waals surface area contributed by atoms with Gasteiger partial charge >= 0.3 is 12.1 Å². The summed E-state index contributed by atoms with van der Waals surface area (Å²) in [6.07, 6.45) is 1.46. The SMILES string of the molecule is COC(=O)CNC(=O)[C@H](CC(C)C)N[C@@H]1CCCN1C(=O)OCc1ccccc1. The Labute approximate surface area is 171 Å². The Balaban J connectivity index is 1.94. The topological polar surface area (TPSA) is 97.0 Å². The number of nitrogens with zero attached hydrogens (tertiary/aromatic N) is 1. The maximum absolute atomic E-state index is 12.6. The van der Waals surface area contributed by atoms with Crippen molar-refractivity contribution in [3.63, 3.8) is 0 Å². The van der Waals surface area contributed by atoms with Crippen LogP contribution < -0.4 is 10.6 Å². The van der Waals surface area contributed by atoms with Crippen molar-refractivity contribution < 1.29 is 23.9 Å². The first-order valence-electron chi connectivity index (χ1n) is 9.98. The molecular weight excluding hydrogens is 374 g/mol. The predicted octanol–water partition coefficient (Wildman–Crippen LogP) is 2.04. The second kappa shape index (κ2) is 11.4. The number of carbonyl (C=O) groups excluding carboxylic acids is 3. The minimum atomic E-state index is -0.521. The Hall–Kier alpha value is -2.61. The molecule has 2 N–H and O–H groups in total. The zero-order chi connectivity index (χ0) is 21.2. The first-order chi connectivity index (χ1) is 13.9. The van der Waals surface area contributed by atoms with Gasteiger partial charge in [0.05, 0.1) is 19.3 Å². The molecule has 0 bridgehead atoms. The normalized spacial score (nSPS) is 17.1. The van der Waals surface area contributed by atoms with Crippen LogP contribution in [0.25, 0.3) is 0 Å². The molecule has 1 aliphatic heterocycles. The summed E-state index contributed by atoms with van der Waals surface area (Å²) in [6.45, 7) is 4.63. The number of benzene rings is 1. The molecule has 1 aliphatic rings. The highest BCUT2D eigenvalue weighted by molar-refractivity contribution is 5.85. The van der Waals surface area contributed by atoms with Gasteiger partial charge in [-0.1, -0.05) is 44.2 Å². The molecule has 8 nitrogen and oxygen atoms in total. The van der Waals surface area contributed by atoms with Crippen LogP contribution in [0.4, 0.5) is 4.79 Å². The number of ether oxygens (including phenoxy) is 2. The summed E-state index contributed by atoms with van der Waals surface area (Å²) in [7, 11) is 1.27. The third-order valence-corrected chi connectivity index (χ3v) is 4.74. The third-order valence-electron chi connectivity index (χ3n) is 4.74. The third kappa shape index (κ3) is 7.38. The molecule has 0 spiro atoms. The average molecular weight is 405 g/mol. The Morgan fingerprint density at radius 3 is 2.59 bits per heavy atom. The zero-order valence-electron chi connectivity index (χ0n) is 17.3. The largest absolute Gasteiger partial charge is 0.468 e. The zero-order valence-corrected chi connectivity index (χ0v) is 17.3. The fraction of sp³-hybridized carbons (Fsp3) is 0.571. The maximum atomic E-state index is 12.6. The summed E-state index contributed by atoms with van der Waals surface area (Å²) in [5, 5.41) is 5.87. The highest BCUT2D eigenvalue weighted by atomic mass is 16.6. The van der Waals surface area contributed by atoms with E-state index >= 15 is 0 Å². The highest BCUT2D eigenvalue weighted by Crippen LogP contribution is 2.19. The minimum absolute atomic E-state index is 0.181. The van der Waals surface area contributed by atoms with Gasteiger partial charge in [0.1, 0.15) is 13.2 Å². The molecule has 0 unspecified atom stereocenters. The van der Waals surface area contributed by atoms with Crippen molar-refractivity contribution in [3.05, 3.63) is 35.9 Å². The van der Waals surface area contributed by atoms with Gasteiger partial charge in [0.2, 0.25) is 5.91 Å². The summed E-state index contributed by atoms with van der Waals surface area (Å²) in [5.41, 5.74) is 0.921. The number of carbonyl (C=O) groups is 3. The van der Waals surface area contributed by atoms with E-state index in [0.717, 1.165) is 18.4 Å². The van der Waals surface area contributed by atoms with Crippen LogP contribution in [0.2, 0.25) is 0 Å². The van der Waals surface area contributed by atoms with Crippen LogP contribution in [0.5, 0.6) is 0 Å². The monoisotopic (exact) mass is 405 g/mol. The lowest BCUT2D eigenvalue weighted by Crippen LogP contribution is -2.54. The second-order valence-corrected chi connectivity index (χ2v) is 7.53. The summed E-state index contributed by atoms with van der Waals surface area (Å²) >= 11 is 0. The van der Waals surface area contributed by atoms with E-state index in [-0.39, 0.29) is 31.1 Å². The number of hydrogen-bond donors (Lipinski definition) is 2. The second-order valence-electron chi connectivity index (χ2n) is 7.53. The molecule has 8 heteroatoms. The molecule has 1 aromatic carbocycles. The summed E-state index contributed by atoms with van der Waals surface area (Å²) in [5.74, 6) is -0.529. The van der Waals surface area contributed by atoms with Crippen LogP contribution in [-0.4, -0.2) is 55.3 Å². The van der Waals surface area contributed by atoms with Gasteiger partial charge in [-0.2, -0.15) is 0 Å². The van der Waals surface area contributed by atoms with Crippen LogP contribution in [0.3, 0.4) is 0 Å². The fourth-order valence-corrected chi connectivity index (χ4v) is 3.27. The van der Waals surface area contributed by atoms with Gasteiger partial charge in [0.25, 0.3) is 0 Å². The van der Waals surface area contributed by atoms with Crippen LogP contribution in [-0.2, 0) is 25.7 Å². The summed E-state index contributed by atoms with van der Waals surface area (Å²) in [6, 6.07) is 8.98. The molecule has 2 rings (SSSR count). The number of nitrogens with one attached hydrogen (secondary N) is 2. The number of likely N-dealkylation sites (tertiary alicyclic amines) is 1. The molecule has 1 heterocycles. The first-order valence-corrected chi connectivity index (χ1v) is 9.98. The average Bonchev–Trinajstić information content (AvgIpc) is 3.18. The quantitative estimate of drug-likeness (QED) is 0.610. The highest BCUT2D eigenvalue weighted by Gasteiger charge is 2.33. The molecule has 0 aromatic heterocycles. The molecule has 2 atom stereocenters. The van der Waals surface area contributed by atoms with E-state index in [1.54, 1.807) is 4.90 Å². The van der Waals surface area contributed by atoms with Crippen molar-refractivity contribution in [3.8, 4) is 0 Å². The van der Waals surface area contributed by atoms with Crippen LogP contribution >= 0.6 is 0 Å². The van der Waals surface area contributed by atoms with Crippen molar-refractivity contribution in [2.75, 3.05) is 20.2 Å². The van der Waals surface area contributed by atoms with Crippen molar-refractivity contribution in [2.45, 2.75) is 51.9 Å². The first kappa shape index (κ1) is 22.7. The molecule has 1 aromatic rings. The Morgan fingerprint density at radius 1 is 1.21 bits per heavy atom. The Morgan fingerprint density at radius 2 is 1.93 bits per heavy atom. The molecule has 2 amide bonds. The summed E-state index contributed by atoms with van der Waals surface area (Å²) in [4.78, 5) is 38.1. The van der Waals surface area contributed by atoms with E-state index in [1.807, 2.05) is 44.2 Å². The fourth-order valence-electron chi connectivity index (χ4n) is 3.27. The molecule has 0 saturated carbocycles. The number of methoxy groups -OCH3 is 1. The van der Waals surface area contributed by atoms with Crippen LogP contribution in [0.15, 0.2) is 30.3 Å². The molecule has 0 radical (unpaired) electrons. The van der Waals surface area contributed by atoms with Gasteiger partial charge in [0, 0.05) is 6.54 Å². The van der Waals surface area contributed by atoms with Gasteiger partial charge in [-0.25, -0.2) is 4.79 Å². The van der Waals surface area contributed by atoms with E-state index in [0.29, 0.717) is 13.0 Å². The lowest BCUT2D eigenvalue weighted by Gasteiger charge is -2.29. The van der Waals surface area contributed by atoms with E-state index < -0.39 is 18.1 Å². The molecule has 29 heavy (non-hydrogen) atoms. The van der Waals surface area contributed by atoms with E-state index in [9.17, 15) is 14.4 Å². The smallest absolute Gasteiger partial charge is 0.411 e. The van der Waals surface area contributed by atoms with Gasteiger partial charge in [-0.15, -0.1) is 0 Å². The van der Waals surface area contributed by atoms with Crippen molar-refractivity contribution in [1.29, 1.82) is 0 Å². The number of hydrogen-bond acceptors (Lipinski definition) is 6. The molecule has 1 saturated heterocycles. The van der Waals surface area contributed by atoms with Gasteiger partial charge in [-0.05, 0) is 30.7 Å². The number of esters is 1. The lowest BCUT2D eigenvalue weighted by atomic mass is 10.0. The maximum Gasteiger partial charge on any atom is 0.411 e. The predicted molar refractivity (Wildman–Crippen MR) is 108 cm³/mol. The van der Waals surface area contributed by atoms with Gasteiger partial charge in [0.15, 0.2) is 0 Å². The summed E-state index contributed by atoms with van der Waals surface area (Å²) < 4.78 is 10.0. The van der Waals surface area contributed by atoms with E-state index in [4.69, 9.17) is 4.74 Å². The standard InChI is InChI=1S/C21H31N3O5/c1-15(2)12-17(20(26)22-13-19(25)28-3)23-18-10-7-11-24(18)21(27)29-14-16-8-5-4-6-9-16/h4-6,8-9,15,17-18,23H,7,10-14H2,1-3H3,(H,22,26)/t17-,18-/m0/s1. The minimum Gasteiger partial charge on any atom is -0.468 e. The lowest BCUT2D eigenvalue weighted by molar-refractivity contribution is -0.141. The van der Waals surface area contributed by atoms with E-state index in [2.05, 4.69) is 15.4 Å². The molecular formula is C21H31N3O5. The number of amides is 2. The molecule has 160 valence electrons. The molecule has 1 fully saturated rings. The van der Waals surface area contributed by atoms with Gasteiger partial charge < -0.3 is 14.8 Å².